The summed E-state index contributed by atoms with van der Waals surface area (Å²) in [6.07, 6.45) is 0. The molecule has 0 N–H and O–H groups in total. The highest BCUT2D eigenvalue weighted by atomic mass is 32.1. The van der Waals surface area contributed by atoms with Crippen molar-refractivity contribution in [3.05, 3.63) is 16.5 Å². The van der Waals surface area contributed by atoms with Crippen molar-refractivity contribution in [2.24, 2.45) is 0 Å². The van der Waals surface area contributed by atoms with Gasteiger partial charge in [0.25, 0.3) is 0 Å². The molecule has 0 aliphatic rings. The molecule has 0 radical (unpaired) electrons. The van der Waals surface area contributed by atoms with E-state index in [1.165, 1.54) is 4.50 Å². The summed E-state index contributed by atoms with van der Waals surface area (Å²) in [5, 5.41) is 8.77. The zero-order chi connectivity index (χ0) is 9.35. The first-order valence-electron chi connectivity index (χ1n) is 3.96. The minimum Gasteiger partial charge on any atom is -0.192 e. The number of hydrogen-bond acceptors (Lipinski definition) is 2. The van der Waals surface area contributed by atoms with Crippen LogP contribution in [0.25, 0.3) is 0 Å². The summed E-state index contributed by atoms with van der Waals surface area (Å²) in [4.78, 5) is 1.16. The first-order chi connectivity index (χ1) is 5.45. The Kier molecular flexibility index (Phi) is 2.40. The summed E-state index contributed by atoms with van der Waals surface area (Å²) in [6, 6.07) is 4.28. The maximum atomic E-state index is 8.77. The first-order valence-corrected chi connectivity index (χ1v) is 8.28. The molecule has 0 saturated heterocycles. The van der Waals surface area contributed by atoms with Crippen LogP contribution in [0.5, 0.6) is 0 Å². The second-order valence-electron chi connectivity index (χ2n) is 3.94. The summed E-state index contributed by atoms with van der Waals surface area (Å²) in [6.45, 7) is 8.94. The van der Waals surface area contributed by atoms with Crippen molar-refractivity contribution in [2.75, 3.05) is 0 Å². The van der Waals surface area contributed by atoms with E-state index >= 15 is 0 Å². The van der Waals surface area contributed by atoms with Crippen LogP contribution in [0.15, 0.2) is 6.07 Å². The van der Waals surface area contributed by atoms with E-state index < -0.39 is 8.07 Å². The van der Waals surface area contributed by atoms with Crippen LogP contribution in [-0.4, -0.2) is 8.07 Å². The van der Waals surface area contributed by atoms with E-state index in [1.807, 2.05) is 6.92 Å². The largest absolute Gasteiger partial charge is 0.192 e. The second kappa shape index (κ2) is 3.04. The summed E-state index contributed by atoms with van der Waals surface area (Å²) in [7, 11) is -1.19. The fourth-order valence-corrected chi connectivity index (χ4v) is 3.95. The highest BCUT2D eigenvalue weighted by Gasteiger charge is 2.19. The van der Waals surface area contributed by atoms with Gasteiger partial charge in [-0.25, -0.2) is 0 Å². The standard InChI is InChI=1S/C9H13NSSi/c1-7-8(6-10)5-9(11-7)12(2,3)4/h5H,1-4H3. The molecule has 1 aromatic heterocycles. The predicted molar refractivity (Wildman–Crippen MR) is 56.8 cm³/mol. The molecule has 3 heteroatoms. The number of hydrogen-bond donors (Lipinski definition) is 0. The van der Waals surface area contributed by atoms with Crippen LogP contribution >= 0.6 is 11.3 Å². The molecular weight excluding hydrogens is 182 g/mol. The highest BCUT2D eigenvalue weighted by Crippen LogP contribution is 2.16. The fraction of sp³-hybridized carbons (Fsp3) is 0.444. The summed E-state index contributed by atoms with van der Waals surface area (Å²) >= 11 is 1.79. The Hall–Kier alpha value is -0.593. The van der Waals surface area contributed by atoms with Crippen molar-refractivity contribution < 1.29 is 0 Å². The SMILES string of the molecule is Cc1sc([Si](C)(C)C)cc1C#N. The van der Waals surface area contributed by atoms with E-state index in [2.05, 4.69) is 31.8 Å². The molecule has 0 aliphatic carbocycles. The smallest absolute Gasteiger partial charge is 0.100 e. The van der Waals surface area contributed by atoms with Gasteiger partial charge in [0, 0.05) is 4.88 Å². The van der Waals surface area contributed by atoms with Crippen LogP contribution < -0.4 is 4.50 Å². The van der Waals surface area contributed by atoms with Gasteiger partial charge in [-0.3, -0.25) is 0 Å². The Labute approximate surface area is 78.7 Å². The van der Waals surface area contributed by atoms with Gasteiger partial charge in [0.15, 0.2) is 0 Å². The zero-order valence-electron chi connectivity index (χ0n) is 7.93. The van der Waals surface area contributed by atoms with Gasteiger partial charge in [0.1, 0.15) is 6.07 Å². The lowest BCUT2D eigenvalue weighted by atomic mass is 10.3. The number of thiophene rings is 1. The average molecular weight is 195 g/mol. The van der Waals surface area contributed by atoms with Crippen molar-refractivity contribution in [1.82, 2.24) is 0 Å². The minimum atomic E-state index is -1.19. The van der Waals surface area contributed by atoms with E-state index in [-0.39, 0.29) is 0 Å². The Morgan fingerprint density at radius 3 is 2.25 bits per heavy atom. The molecule has 12 heavy (non-hydrogen) atoms. The normalized spacial score (nSPS) is 11.2. The average Bonchev–Trinajstić information content (AvgIpc) is 2.29. The van der Waals surface area contributed by atoms with Crippen molar-refractivity contribution in [3.63, 3.8) is 0 Å². The minimum absolute atomic E-state index is 0.859. The summed E-state index contributed by atoms with van der Waals surface area (Å²) in [5.74, 6) is 0. The topological polar surface area (TPSA) is 23.8 Å². The number of nitrogens with zero attached hydrogens (tertiary/aromatic N) is 1. The van der Waals surface area contributed by atoms with Crippen molar-refractivity contribution in [2.45, 2.75) is 26.6 Å². The van der Waals surface area contributed by atoms with Gasteiger partial charge in [-0.2, -0.15) is 5.26 Å². The molecule has 1 heterocycles. The number of nitriles is 1. The molecule has 0 atom stereocenters. The van der Waals surface area contributed by atoms with E-state index in [0.717, 1.165) is 10.4 Å². The number of aryl methyl sites for hydroxylation is 1. The lowest BCUT2D eigenvalue weighted by molar-refractivity contribution is 1.47. The Balaban J connectivity index is 3.16. The quantitative estimate of drug-likeness (QED) is 0.632. The van der Waals surface area contributed by atoms with Crippen molar-refractivity contribution in [3.8, 4) is 6.07 Å². The monoisotopic (exact) mass is 195 g/mol. The van der Waals surface area contributed by atoms with Crippen LogP contribution in [0.1, 0.15) is 10.4 Å². The van der Waals surface area contributed by atoms with E-state index in [4.69, 9.17) is 5.26 Å². The molecule has 64 valence electrons. The van der Waals surface area contributed by atoms with Gasteiger partial charge in [-0.1, -0.05) is 19.6 Å². The van der Waals surface area contributed by atoms with Gasteiger partial charge >= 0.3 is 0 Å². The molecule has 1 aromatic rings. The summed E-state index contributed by atoms with van der Waals surface area (Å²) in [5.41, 5.74) is 0.859. The second-order valence-corrected chi connectivity index (χ2v) is 10.6. The van der Waals surface area contributed by atoms with Gasteiger partial charge in [0.2, 0.25) is 0 Å². The lowest BCUT2D eigenvalue weighted by Crippen LogP contribution is -2.34. The third-order valence-electron chi connectivity index (χ3n) is 1.78. The molecule has 0 saturated carbocycles. The molecule has 1 nitrogen and oxygen atoms in total. The molecule has 0 aromatic carbocycles. The zero-order valence-corrected chi connectivity index (χ0v) is 9.75. The van der Waals surface area contributed by atoms with Crippen LogP contribution in [0.3, 0.4) is 0 Å². The Morgan fingerprint density at radius 2 is 2.00 bits per heavy atom. The molecule has 0 fully saturated rings. The molecule has 0 spiro atoms. The highest BCUT2D eigenvalue weighted by molar-refractivity contribution is 7.26. The summed E-state index contributed by atoms with van der Waals surface area (Å²) < 4.78 is 1.43. The van der Waals surface area contributed by atoms with Crippen molar-refractivity contribution in [1.29, 1.82) is 5.26 Å². The third kappa shape index (κ3) is 1.77. The lowest BCUT2D eigenvalue weighted by Gasteiger charge is -2.11. The number of rotatable bonds is 1. The molecule has 0 aliphatic heterocycles. The van der Waals surface area contributed by atoms with Gasteiger partial charge in [-0.15, -0.1) is 11.3 Å². The Morgan fingerprint density at radius 1 is 1.42 bits per heavy atom. The van der Waals surface area contributed by atoms with E-state index in [1.54, 1.807) is 11.3 Å². The van der Waals surface area contributed by atoms with E-state index in [9.17, 15) is 0 Å². The molecule has 0 amide bonds. The Bertz CT molecular complexity index is 327. The molecule has 0 bridgehead atoms. The molecular formula is C9H13NSSi. The van der Waals surface area contributed by atoms with Gasteiger partial charge in [-0.05, 0) is 17.5 Å². The fourth-order valence-electron chi connectivity index (χ4n) is 0.963. The third-order valence-corrected chi connectivity index (χ3v) is 6.41. The van der Waals surface area contributed by atoms with Gasteiger partial charge in [0.05, 0.1) is 13.6 Å². The predicted octanol–water partition coefficient (Wildman–Crippen LogP) is 2.47. The van der Waals surface area contributed by atoms with Gasteiger partial charge < -0.3 is 0 Å². The maximum absolute atomic E-state index is 8.77. The molecule has 0 unspecified atom stereocenters. The maximum Gasteiger partial charge on any atom is 0.100 e. The van der Waals surface area contributed by atoms with Crippen LogP contribution in [0.2, 0.25) is 19.6 Å². The van der Waals surface area contributed by atoms with E-state index in [0.29, 0.717) is 0 Å². The van der Waals surface area contributed by atoms with Crippen LogP contribution in [0.4, 0.5) is 0 Å². The van der Waals surface area contributed by atoms with Crippen molar-refractivity contribution >= 4 is 23.9 Å². The molecule has 1 rings (SSSR count). The van der Waals surface area contributed by atoms with Crippen LogP contribution in [0, 0.1) is 18.3 Å². The van der Waals surface area contributed by atoms with Crippen LogP contribution in [-0.2, 0) is 0 Å². The first kappa shape index (κ1) is 9.49.